The molecule has 2 N–H and O–H groups in total. The summed E-state index contributed by atoms with van der Waals surface area (Å²) in [7, 11) is 0. The zero-order valence-electron chi connectivity index (χ0n) is 10.1. The van der Waals surface area contributed by atoms with Crippen molar-refractivity contribution in [2.24, 2.45) is 0 Å². The Morgan fingerprint density at radius 1 is 1.61 bits per heavy atom. The average molecular weight is 265 g/mol. The van der Waals surface area contributed by atoms with Gasteiger partial charge in [-0.3, -0.25) is 4.79 Å². The van der Waals surface area contributed by atoms with Crippen molar-refractivity contribution < 1.29 is 14.3 Å². The summed E-state index contributed by atoms with van der Waals surface area (Å²) in [6.45, 7) is 2.37. The number of carbonyl (C=O) groups is 1. The van der Waals surface area contributed by atoms with Gasteiger partial charge in [0.05, 0.1) is 11.1 Å². The molecule has 0 aliphatic carbocycles. The van der Waals surface area contributed by atoms with E-state index in [0.29, 0.717) is 23.6 Å². The molecule has 0 aromatic carbocycles. The van der Waals surface area contributed by atoms with Gasteiger partial charge in [0, 0.05) is 6.54 Å². The first kappa shape index (κ1) is 12.9. The molecule has 0 saturated heterocycles. The van der Waals surface area contributed by atoms with Gasteiger partial charge in [0.1, 0.15) is 11.9 Å². The van der Waals surface area contributed by atoms with Crippen molar-refractivity contribution >= 4 is 17.2 Å². The van der Waals surface area contributed by atoms with Crippen molar-refractivity contribution in [3.63, 3.8) is 0 Å². The summed E-state index contributed by atoms with van der Waals surface area (Å²) >= 11 is 1.42. The van der Waals surface area contributed by atoms with Crippen LogP contribution in [0.4, 0.5) is 0 Å². The Balaban J connectivity index is 1.77. The first-order valence-electron chi connectivity index (χ1n) is 5.71. The molecule has 2 heterocycles. The smallest absolute Gasteiger partial charge is 0.261 e. The van der Waals surface area contributed by atoms with Gasteiger partial charge in [-0.1, -0.05) is 0 Å². The average Bonchev–Trinajstić information content (AvgIpc) is 2.99. The summed E-state index contributed by atoms with van der Waals surface area (Å²) < 4.78 is 5.08. The highest BCUT2D eigenvalue weighted by molar-refractivity contribution is 7.12. The maximum absolute atomic E-state index is 11.7. The second kappa shape index (κ2) is 5.84. The Labute approximate surface area is 109 Å². The lowest BCUT2D eigenvalue weighted by atomic mass is 10.2. The second-order valence-electron chi connectivity index (χ2n) is 4.06. The zero-order chi connectivity index (χ0) is 13.0. The number of furan rings is 1. The first-order valence-corrected chi connectivity index (χ1v) is 6.59. The number of aliphatic hydroxyl groups excluding tert-OH is 1. The van der Waals surface area contributed by atoms with E-state index in [9.17, 15) is 9.90 Å². The lowest BCUT2D eigenvalue weighted by Crippen LogP contribution is -2.24. The molecule has 2 aromatic heterocycles. The molecule has 0 saturated carbocycles. The van der Waals surface area contributed by atoms with Crippen LogP contribution in [-0.2, 0) is 0 Å². The summed E-state index contributed by atoms with van der Waals surface area (Å²) in [5, 5.41) is 14.5. The van der Waals surface area contributed by atoms with E-state index in [1.807, 2.05) is 18.4 Å². The fourth-order valence-electron chi connectivity index (χ4n) is 1.58. The SMILES string of the molecule is Cc1csc(C(=O)NCC[C@H](O)c2ccco2)c1. The Morgan fingerprint density at radius 3 is 3.06 bits per heavy atom. The van der Waals surface area contributed by atoms with Gasteiger partial charge in [-0.2, -0.15) is 0 Å². The number of hydrogen-bond donors (Lipinski definition) is 2. The van der Waals surface area contributed by atoms with Crippen LogP contribution in [0.2, 0.25) is 0 Å². The van der Waals surface area contributed by atoms with E-state index in [1.165, 1.54) is 17.6 Å². The van der Waals surface area contributed by atoms with Crippen LogP contribution < -0.4 is 5.32 Å². The van der Waals surface area contributed by atoms with Crippen molar-refractivity contribution in [2.75, 3.05) is 6.54 Å². The zero-order valence-corrected chi connectivity index (χ0v) is 10.9. The third-order valence-electron chi connectivity index (χ3n) is 2.53. The number of thiophene rings is 1. The molecule has 0 bridgehead atoms. The van der Waals surface area contributed by atoms with E-state index in [1.54, 1.807) is 12.1 Å². The molecule has 96 valence electrons. The standard InChI is InChI=1S/C13H15NO3S/c1-9-7-12(18-8-9)13(16)14-5-4-10(15)11-3-2-6-17-11/h2-3,6-8,10,15H,4-5H2,1H3,(H,14,16)/t10-/m0/s1. The maximum Gasteiger partial charge on any atom is 0.261 e. The molecule has 0 unspecified atom stereocenters. The molecule has 0 radical (unpaired) electrons. The normalized spacial score (nSPS) is 12.3. The summed E-state index contributed by atoms with van der Waals surface area (Å²) in [6.07, 6.45) is 1.28. The molecule has 2 rings (SSSR count). The van der Waals surface area contributed by atoms with Crippen LogP contribution >= 0.6 is 11.3 Å². The minimum Gasteiger partial charge on any atom is -0.467 e. The van der Waals surface area contributed by atoms with Crippen LogP contribution in [0, 0.1) is 6.92 Å². The number of nitrogens with one attached hydrogen (secondary N) is 1. The second-order valence-corrected chi connectivity index (χ2v) is 4.98. The van der Waals surface area contributed by atoms with E-state index in [2.05, 4.69) is 5.32 Å². The van der Waals surface area contributed by atoms with Gasteiger partial charge in [-0.25, -0.2) is 0 Å². The van der Waals surface area contributed by atoms with Crippen LogP contribution in [0.3, 0.4) is 0 Å². The Morgan fingerprint density at radius 2 is 2.44 bits per heavy atom. The molecule has 18 heavy (non-hydrogen) atoms. The van der Waals surface area contributed by atoms with Crippen molar-refractivity contribution in [1.29, 1.82) is 0 Å². The summed E-state index contributed by atoms with van der Waals surface area (Å²) in [4.78, 5) is 12.4. The number of carbonyl (C=O) groups excluding carboxylic acids is 1. The highest BCUT2D eigenvalue weighted by atomic mass is 32.1. The van der Waals surface area contributed by atoms with Crippen LogP contribution in [-0.4, -0.2) is 17.6 Å². The van der Waals surface area contributed by atoms with E-state index >= 15 is 0 Å². The largest absolute Gasteiger partial charge is 0.467 e. The summed E-state index contributed by atoms with van der Waals surface area (Å²) in [5.74, 6) is 0.427. The molecule has 0 spiro atoms. The Kier molecular flexibility index (Phi) is 4.17. The monoisotopic (exact) mass is 265 g/mol. The van der Waals surface area contributed by atoms with Crippen molar-refractivity contribution in [3.05, 3.63) is 46.0 Å². The molecule has 1 amide bonds. The summed E-state index contributed by atoms with van der Waals surface area (Å²) in [6, 6.07) is 5.30. The number of hydrogen-bond acceptors (Lipinski definition) is 4. The lowest BCUT2D eigenvalue weighted by Gasteiger charge is -2.08. The molecule has 4 nitrogen and oxygen atoms in total. The number of amides is 1. The Bertz CT molecular complexity index is 504. The topological polar surface area (TPSA) is 62.5 Å². The lowest BCUT2D eigenvalue weighted by molar-refractivity contribution is 0.0940. The number of aliphatic hydroxyl groups is 1. The van der Waals surface area contributed by atoms with Crippen molar-refractivity contribution in [1.82, 2.24) is 5.32 Å². The maximum atomic E-state index is 11.7. The van der Waals surface area contributed by atoms with Gasteiger partial charge in [0.15, 0.2) is 0 Å². The molecule has 2 aromatic rings. The van der Waals surface area contributed by atoms with Gasteiger partial charge in [-0.05, 0) is 42.5 Å². The molecule has 5 heteroatoms. The van der Waals surface area contributed by atoms with Gasteiger partial charge in [-0.15, -0.1) is 11.3 Å². The molecular weight excluding hydrogens is 250 g/mol. The van der Waals surface area contributed by atoms with Crippen LogP contribution in [0.25, 0.3) is 0 Å². The van der Waals surface area contributed by atoms with E-state index in [-0.39, 0.29) is 5.91 Å². The van der Waals surface area contributed by atoms with Gasteiger partial charge < -0.3 is 14.8 Å². The first-order chi connectivity index (χ1) is 8.66. The van der Waals surface area contributed by atoms with Crippen molar-refractivity contribution in [2.45, 2.75) is 19.4 Å². The molecule has 0 fully saturated rings. The predicted octanol–water partition coefficient (Wildman–Crippen LogP) is 2.50. The van der Waals surface area contributed by atoms with Crippen molar-refractivity contribution in [3.8, 4) is 0 Å². The highest BCUT2D eigenvalue weighted by Crippen LogP contribution is 2.16. The van der Waals surface area contributed by atoms with Crippen LogP contribution in [0.5, 0.6) is 0 Å². The number of rotatable bonds is 5. The van der Waals surface area contributed by atoms with E-state index in [4.69, 9.17) is 4.42 Å². The van der Waals surface area contributed by atoms with Crippen LogP contribution in [0.1, 0.15) is 33.5 Å². The molecule has 1 atom stereocenters. The third kappa shape index (κ3) is 3.21. The molecule has 0 aliphatic rings. The number of aryl methyl sites for hydroxylation is 1. The summed E-state index contributed by atoms with van der Waals surface area (Å²) in [5.41, 5.74) is 1.08. The minimum atomic E-state index is -0.676. The fourth-order valence-corrected chi connectivity index (χ4v) is 2.40. The molecule has 0 aliphatic heterocycles. The quantitative estimate of drug-likeness (QED) is 0.873. The minimum absolute atomic E-state index is 0.0975. The van der Waals surface area contributed by atoms with Gasteiger partial charge in [0.2, 0.25) is 0 Å². The van der Waals surface area contributed by atoms with E-state index in [0.717, 1.165) is 5.56 Å². The van der Waals surface area contributed by atoms with E-state index < -0.39 is 6.10 Å². The highest BCUT2D eigenvalue weighted by Gasteiger charge is 2.12. The molecular formula is C13H15NO3S. The van der Waals surface area contributed by atoms with Gasteiger partial charge in [0.25, 0.3) is 5.91 Å². The van der Waals surface area contributed by atoms with Gasteiger partial charge >= 0.3 is 0 Å². The van der Waals surface area contributed by atoms with Crippen LogP contribution in [0.15, 0.2) is 34.3 Å². The predicted molar refractivity (Wildman–Crippen MR) is 69.7 cm³/mol. The fraction of sp³-hybridized carbons (Fsp3) is 0.308. The third-order valence-corrected chi connectivity index (χ3v) is 3.58. The Hall–Kier alpha value is -1.59.